The standard InChI is InChI=1S/C35H42ClN3O2/c1-5-28-13-9-14-31-29(22-38(4)34(28)31)23-39-18-10-17-35(24-39,25-41-30-15-16-32(36)26(2)19-30)20-33(40)37(3)21-27-11-7-6-8-12-27/h6-9,11-16,19,22H,5,10,17-18,20-21,23-25H2,1-4H3. The summed E-state index contributed by atoms with van der Waals surface area (Å²) in [6, 6.07) is 22.6. The number of aryl methyl sites for hydroxylation is 3. The van der Waals surface area contributed by atoms with Gasteiger partial charge in [0.25, 0.3) is 0 Å². The summed E-state index contributed by atoms with van der Waals surface area (Å²) in [7, 11) is 4.06. The molecular formula is C35H42ClN3O2. The van der Waals surface area contributed by atoms with Gasteiger partial charge in [-0.2, -0.15) is 0 Å². The number of para-hydroxylation sites is 1. The number of carbonyl (C=O) groups is 1. The van der Waals surface area contributed by atoms with Crippen LogP contribution < -0.4 is 4.74 Å². The van der Waals surface area contributed by atoms with Gasteiger partial charge in [-0.15, -0.1) is 0 Å². The third-order valence-electron chi connectivity index (χ3n) is 8.57. The van der Waals surface area contributed by atoms with Gasteiger partial charge in [-0.05, 0) is 73.2 Å². The van der Waals surface area contributed by atoms with E-state index in [0.29, 0.717) is 19.6 Å². The predicted molar refractivity (Wildman–Crippen MR) is 168 cm³/mol. The summed E-state index contributed by atoms with van der Waals surface area (Å²) < 4.78 is 8.70. The van der Waals surface area contributed by atoms with Crippen molar-refractivity contribution in [1.82, 2.24) is 14.4 Å². The number of ether oxygens (including phenoxy) is 1. The Bertz CT molecular complexity index is 1500. The van der Waals surface area contributed by atoms with Crippen LogP contribution in [0.15, 0.2) is 72.9 Å². The Morgan fingerprint density at radius 1 is 1.07 bits per heavy atom. The van der Waals surface area contributed by atoms with Gasteiger partial charge in [0.2, 0.25) is 5.91 Å². The van der Waals surface area contributed by atoms with E-state index >= 15 is 0 Å². The average Bonchev–Trinajstić information content (AvgIpc) is 3.29. The van der Waals surface area contributed by atoms with E-state index in [9.17, 15) is 4.79 Å². The zero-order valence-corrected chi connectivity index (χ0v) is 25.6. The van der Waals surface area contributed by atoms with E-state index in [1.807, 2.05) is 55.3 Å². The number of amides is 1. The molecule has 3 aromatic carbocycles. The molecule has 0 radical (unpaired) electrons. The summed E-state index contributed by atoms with van der Waals surface area (Å²) in [5.74, 6) is 0.957. The second kappa shape index (κ2) is 12.7. The van der Waals surface area contributed by atoms with Gasteiger partial charge >= 0.3 is 0 Å². The number of piperidine rings is 1. The molecule has 41 heavy (non-hydrogen) atoms. The summed E-state index contributed by atoms with van der Waals surface area (Å²) in [6.45, 7) is 7.99. The SMILES string of the molecule is CCc1cccc2c(CN3CCCC(COc4ccc(Cl)c(C)c4)(CC(=O)N(C)Cc4ccccc4)C3)cn(C)c12. The minimum atomic E-state index is -0.285. The second-order valence-electron chi connectivity index (χ2n) is 11.9. The van der Waals surface area contributed by atoms with Crippen molar-refractivity contribution < 1.29 is 9.53 Å². The molecule has 0 aliphatic carbocycles. The van der Waals surface area contributed by atoms with Crippen LogP contribution in [0, 0.1) is 12.3 Å². The quantitative estimate of drug-likeness (QED) is 0.199. The summed E-state index contributed by atoms with van der Waals surface area (Å²) in [4.78, 5) is 18.1. The molecule has 5 rings (SSSR count). The molecule has 4 aromatic rings. The largest absolute Gasteiger partial charge is 0.493 e. The Balaban J connectivity index is 1.37. The highest BCUT2D eigenvalue weighted by atomic mass is 35.5. The van der Waals surface area contributed by atoms with E-state index in [2.05, 4.69) is 60.0 Å². The maximum atomic E-state index is 13.7. The van der Waals surface area contributed by atoms with Crippen molar-refractivity contribution in [3.05, 3.63) is 100 Å². The third kappa shape index (κ3) is 6.79. The van der Waals surface area contributed by atoms with Crippen molar-refractivity contribution in [2.24, 2.45) is 12.5 Å². The Morgan fingerprint density at radius 2 is 1.88 bits per heavy atom. The molecule has 0 spiro atoms. The molecule has 0 bridgehead atoms. The van der Waals surface area contributed by atoms with Gasteiger partial charge in [0, 0.05) is 62.2 Å². The topological polar surface area (TPSA) is 37.7 Å². The van der Waals surface area contributed by atoms with Crippen LogP contribution in [-0.2, 0) is 31.4 Å². The average molecular weight is 572 g/mol. The zero-order chi connectivity index (χ0) is 29.0. The molecule has 1 unspecified atom stereocenters. The molecule has 2 heterocycles. The minimum absolute atomic E-state index is 0.157. The van der Waals surface area contributed by atoms with Crippen molar-refractivity contribution in [2.45, 2.75) is 52.6 Å². The lowest BCUT2D eigenvalue weighted by Gasteiger charge is -2.43. The number of nitrogens with zero attached hydrogens (tertiary/aromatic N) is 3. The molecule has 1 fully saturated rings. The van der Waals surface area contributed by atoms with Crippen molar-refractivity contribution in [1.29, 1.82) is 0 Å². The highest BCUT2D eigenvalue weighted by Gasteiger charge is 2.39. The zero-order valence-electron chi connectivity index (χ0n) is 24.8. The monoisotopic (exact) mass is 571 g/mol. The molecule has 1 aliphatic heterocycles. The number of likely N-dealkylation sites (tertiary alicyclic amines) is 1. The first-order valence-corrected chi connectivity index (χ1v) is 15.1. The second-order valence-corrected chi connectivity index (χ2v) is 12.3. The van der Waals surface area contributed by atoms with Gasteiger partial charge < -0.3 is 14.2 Å². The minimum Gasteiger partial charge on any atom is -0.493 e. The van der Waals surface area contributed by atoms with Crippen LogP contribution in [-0.4, -0.2) is 47.0 Å². The van der Waals surface area contributed by atoms with Crippen molar-refractivity contribution in [3.8, 4) is 5.75 Å². The predicted octanol–water partition coefficient (Wildman–Crippen LogP) is 7.41. The highest BCUT2D eigenvalue weighted by molar-refractivity contribution is 6.31. The number of hydrogen-bond acceptors (Lipinski definition) is 3. The van der Waals surface area contributed by atoms with Crippen LogP contribution >= 0.6 is 11.6 Å². The maximum Gasteiger partial charge on any atom is 0.223 e. The lowest BCUT2D eigenvalue weighted by molar-refractivity contribution is -0.135. The third-order valence-corrected chi connectivity index (χ3v) is 9.00. The summed E-state index contributed by atoms with van der Waals surface area (Å²) in [6.07, 6.45) is 5.74. The number of rotatable bonds is 10. The molecule has 0 N–H and O–H groups in total. The first-order valence-electron chi connectivity index (χ1n) is 14.7. The number of benzene rings is 3. The fourth-order valence-corrected chi connectivity index (χ4v) is 6.51. The molecule has 5 nitrogen and oxygen atoms in total. The highest BCUT2D eigenvalue weighted by Crippen LogP contribution is 2.37. The number of fused-ring (bicyclic) bond motifs is 1. The molecule has 0 saturated carbocycles. The van der Waals surface area contributed by atoms with Gasteiger partial charge in [-0.1, -0.05) is 67.1 Å². The molecule has 6 heteroatoms. The van der Waals surface area contributed by atoms with Crippen LogP contribution in [0.4, 0.5) is 0 Å². The number of aromatic nitrogens is 1. The fourth-order valence-electron chi connectivity index (χ4n) is 6.39. The number of carbonyl (C=O) groups excluding carboxylic acids is 1. The molecular weight excluding hydrogens is 530 g/mol. The van der Waals surface area contributed by atoms with E-state index in [4.69, 9.17) is 16.3 Å². The molecule has 1 aliphatic rings. The number of halogens is 1. The van der Waals surface area contributed by atoms with Crippen LogP contribution in [0.5, 0.6) is 5.75 Å². The normalized spacial score (nSPS) is 17.6. The lowest BCUT2D eigenvalue weighted by atomic mass is 9.77. The first-order chi connectivity index (χ1) is 19.8. The van der Waals surface area contributed by atoms with Crippen molar-refractivity contribution in [2.75, 3.05) is 26.7 Å². The van der Waals surface area contributed by atoms with Crippen LogP contribution in [0.3, 0.4) is 0 Å². The maximum absolute atomic E-state index is 13.7. The number of hydrogen-bond donors (Lipinski definition) is 0. The van der Waals surface area contributed by atoms with Gasteiger partial charge in [0.15, 0.2) is 0 Å². The van der Waals surface area contributed by atoms with E-state index in [1.54, 1.807) is 0 Å². The summed E-state index contributed by atoms with van der Waals surface area (Å²) in [5.41, 5.74) is 5.89. The lowest BCUT2D eigenvalue weighted by Crippen LogP contribution is -2.48. The van der Waals surface area contributed by atoms with Gasteiger partial charge in [0.05, 0.1) is 12.1 Å². The van der Waals surface area contributed by atoms with Crippen LogP contribution in [0.1, 0.15) is 48.4 Å². The Hall–Kier alpha value is -3.28. The Kier molecular flexibility index (Phi) is 9.06. The van der Waals surface area contributed by atoms with E-state index in [1.165, 1.54) is 22.0 Å². The van der Waals surface area contributed by atoms with Crippen molar-refractivity contribution in [3.63, 3.8) is 0 Å². The molecule has 1 saturated heterocycles. The van der Waals surface area contributed by atoms with Gasteiger partial charge in [-0.3, -0.25) is 9.69 Å². The fraction of sp³-hybridized carbons (Fsp3) is 0.400. The molecule has 216 valence electrons. The summed E-state index contributed by atoms with van der Waals surface area (Å²) in [5, 5.41) is 2.06. The van der Waals surface area contributed by atoms with E-state index in [-0.39, 0.29) is 11.3 Å². The molecule has 1 aromatic heterocycles. The van der Waals surface area contributed by atoms with E-state index < -0.39 is 0 Å². The Labute approximate surface area is 249 Å². The Morgan fingerprint density at radius 3 is 2.63 bits per heavy atom. The summed E-state index contributed by atoms with van der Waals surface area (Å²) >= 11 is 6.27. The van der Waals surface area contributed by atoms with Crippen LogP contribution in [0.25, 0.3) is 10.9 Å². The van der Waals surface area contributed by atoms with Crippen LogP contribution in [0.2, 0.25) is 5.02 Å². The molecule has 1 amide bonds. The van der Waals surface area contributed by atoms with E-state index in [0.717, 1.165) is 60.8 Å². The smallest absolute Gasteiger partial charge is 0.223 e. The van der Waals surface area contributed by atoms with Crippen molar-refractivity contribution >= 4 is 28.4 Å². The molecule has 1 atom stereocenters. The van der Waals surface area contributed by atoms with Gasteiger partial charge in [-0.25, -0.2) is 0 Å². The van der Waals surface area contributed by atoms with Gasteiger partial charge in [0.1, 0.15) is 5.75 Å². The first kappa shape index (κ1) is 29.2.